The van der Waals surface area contributed by atoms with Gasteiger partial charge in [-0.2, -0.15) is 5.10 Å². The molecule has 1 aromatic carbocycles. The predicted molar refractivity (Wildman–Crippen MR) is 91.1 cm³/mol. The number of pyridine rings is 1. The minimum atomic E-state index is -0.376. The maximum atomic E-state index is 12.0. The van der Waals surface area contributed by atoms with Gasteiger partial charge in [0.15, 0.2) is 0 Å². The Morgan fingerprint density at radius 1 is 1.21 bits per heavy atom. The van der Waals surface area contributed by atoms with Crippen LogP contribution in [0.2, 0.25) is 0 Å². The molecular weight excluding hydrogens is 308 g/mol. The molecule has 0 aliphatic carbocycles. The smallest absolute Gasteiger partial charge is 0.271 e. The summed E-state index contributed by atoms with van der Waals surface area (Å²) in [5.41, 5.74) is 3.31. The number of amides is 2. The van der Waals surface area contributed by atoms with Gasteiger partial charge in [-0.3, -0.25) is 9.59 Å². The minimum absolute atomic E-state index is 0.0506. The van der Waals surface area contributed by atoms with E-state index in [4.69, 9.17) is 4.74 Å². The lowest BCUT2D eigenvalue weighted by Crippen LogP contribution is -2.21. The Bertz CT molecular complexity index is 745. The number of aromatic nitrogens is 1. The molecule has 2 amide bonds. The van der Waals surface area contributed by atoms with Crippen LogP contribution in [-0.2, 0) is 4.79 Å². The van der Waals surface area contributed by atoms with Crippen molar-refractivity contribution < 1.29 is 14.3 Å². The Labute approximate surface area is 139 Å². The normalized spacial score (nSPS) is 10.8. The maximum Gasteiger partial charge on any atom is 0.271 e. The molecule has 0 atom stereocenters. The Hall–Kier alpha value is -3.22. The largest absolute Gasteiger partial charge is 0.497 e. The third-order valence-corrected chi connectivity index (χ3v) is 3.03. The zero-order valence-corrected chi connectivity index (χ0v) is 13.4. The zero-order chi connectivity index (χ0) is 17.4. The second-order valence-electron chi connectivity index (χ2n) is 4.96. The van der Waals surface area contributed by atoms with Gasteiger partial charge < -0.3 is 10.1 Å². The van der Waals surface area contributed by atoms with Gasteiger partial charge >= 0.3 is 0 Å². The van der Waals surface area contributed by atoms with Crippen LogP contribution < -0.4 is 15.5 Å². The molecule has 0 unspecified atom stereocenters. The third kappa shape index (κ3) is 5.20. The zero-order valence-electron chi connectivity index (χ0n) is 13.4. The monoisotopic (exact) mass is 326 g/mol. The number of methoxy groups -OCH3 is 1. The van der Waals surface area contributed by atoms with Gasteiger partial charge in [-0.15, -0.1) is 0 Å². The lowest BCUT2D eigenvalue weighted by molar-refractivity contribution is -0.115. The SMILES string of the molecule is COc1cccc(C(=O)N/N=C(/C)CC(=O)Nc2ccccn2)c1. The molecule has 2 rings (SSSR count). The van der Waals surface area contributed by atoms with E-state index in [0.29, 0.717) is 22.8 Å². The first-order valence-corrected chi connectivity index (χ1v) is 7.27. The standard InChI is InChI=1S/C17H18N4O3/c1-12(10-16(22)19-15-8-3-4-9-18-15)20-21-17(23)13-6-5-7-14(11-13)24-2/h3-9,11H,10H2,1-2H3,(H,21,23)(H,18,19,22)/b20-12-. The first kappa shape index (κ1) is 17.1. The topological polar surface area (TPSA) is 92.7 Å². The van der Waals surface area contributed by atoms with Crippen molar-refractivity contribution in [3.8, 4) is 5.75 Å². The summed E-state index contributed by atoms with van der Waals surface area (Å²) in [6.45, 7) is 1.66. The summed E-state index contributed by atoms with van der Waals surface area (Å²) < 4.78 is 5.07. The fraction of sp³-hybridized carbons (Fsp3) is 0.176. The lowest BCUT2D eigenvalue weighted by Gasteiger charge is -2.05. The number of carbonyl (C=O) groups excluding carboxylic acids is 2. The molecule has 0 aliphatic heterocycles. The number of benzene rings is 1. The van der Waals surface area contributed by atoms with Crippen LogP contribution in [0.3, 0.4) is 0 Å². The molecule has 1 aromatic heterocycles. The quantitative estimate of drug-likeness (QED) is 0.629. The fourth-order valence-corrected chi connectivity index (χ4v) is 1.87. The maximum absolute atomic E-state index is 12.0. The van der Waals surface area contributed by atoms with Crippen molar-refractivity contribution in [1.82, 2.24) is 10.4 Å². The van der Waals surface area contributed by atoms with E-state index in [9.17, 15) is 9.59 Å². The first-order chi connectivity index (χ1) is 11.6. The highest BCUT2D eigenvalue weighted by Crippen LogP contribution is 2.12. The molecule has 7 nitrogen and oxygen atoms in total. The third-order valence-electron chi connectivity index (χ3n) is 3.03. The van der Waals surface area contributed by atoms with Gasteiger partial charge in [0.1, 0.15) is 11.6 Å². The molecule has 0 fully saturated rings. The number of rotatable bonds is 6. The number of ether oxygens (including phenoxy) is 1. The first-order valence-electron chi connectivity index (χ1n) is 7.27. The molecule has 24 heavy (non-hydrogen) atoms. The van der Waals surface area contributed by atoms with Crippen LogP contribution >= 0.6 is 0 Å². The van der Waals surface area contributed by atoms with Crippen LogP contribution in [0.4, 0.5) is 5.82 Å². The van der Waals surface area contributed by atoms with Crippen molar-refractivity contribution in [1.29, 1.82) is 0 Å². The van der Waals surface area contributed by atoms with Crippen LogP contribution in [0.15, 0.2) is 53.8 Å². The summed E-state index contributed by atoms with van der Waals surface area (Å²) in [6.07, 6.45) is 1.64. The van der Waals surface area contributed by atoms with Crippen LogP contribution in [-0.4, -0.2) is 29.6 Å². The molecule has 0 aliphatic rings. The fourth-order valence-electron chi connectivity index (χ4n) is 1.87. The number of hydrogen-bond donors (Lipinski definition) is 2. The summed E-state index contributed by atoms with van der Waals surface area (Å²) in [5, 5.41) is 6.58. The van der Waals surface area contributed by atoms with Crippen molar-refractivity contribution in [3.05, 3.63) is 54.2 Å². The van der Waals surface area contributed by atoms with Gasteiger partial charge in [-0.1, -0.05) is 12.1 Å². The Balaban J connectivity index is 1.88. The van der Waals surface area contributed by atoms with E-state index in [1.54, 1.807) is 55.6 Å². The van der Waals surface area contributed by atoms with Crippen molar-refractivity contribution >= 4 is 23.3 Å². The van der Waals surface area contributed by atoms with Gasteiger partial charge in [-0.05, 0) is 37.3 Å². The number of nitrogens with zero attached hydrogens (tertiary/aromatic N) is 2. The average molecular weight is 326 g/mol. The Morgan fingerprint density at radius 2 is 2.04 bits per heavy atom. The van der Waals surface area contributed by atoms with Crippen molar-refractivity contribution in [2.45, 2.75) is 13.3 Å². The van der Waals surface area contributed by atoms with Crippen LogP contribution in [0.1, 0.15) is 23.7 Å². The highest BCUT2D eigenvalue weighted by atomic mass is 16.5. The van der Waals surface area contributed by atoms with Gasteiger partial charge in [0, 0.05) is 17.5 Å². The highest BCUT2D eigenvalue weighted by Gasteiger charge is 2.08. The number of nitrogens with one attached hydrogen (secondary N) is 2. The number of hydrogen-bond acceptors (Lipinski definition) is 5. The summed E-state index contributed by atoms with van der Waals surface area (Å²) in [4.78, 5) is 27.9. The molecular formula is C17H18N4O3. The molecule has 0 saturated heterocycles. The summed E-state index contributed by atoms with van der Waals surface area (Å²) >= 11 is 0. The van der Waals surface area contributed by atoms with E-state index in [1.807, 2.05) is 0 Å². The van der Waals surface area contributed by atoms with E-state index < -0.39 is 0 Å². The van der Waals surface area contributed by atoms with Gasteiger partial charge in [-0.25, -0.2) is 10.4 Å². The van der Waals surface area contributed by atoms with Crippen LogP contribution in [0.25, 0.3) is 0 Å². The van der Waals surface area contributed by atoms with Crippen molar-refractivity contribution in [3.63, 3.8) is 0 Å². The summed E-state index contributed by atoms with van der Waals surface area (Å²) in [7, 11) is 1.53. The second-order valence-corrected chi connectivity index (χ2v) is 4.96. The average Bonchev–Trinajstić information content (AvgIpc) is 2.60. The van der Waals surface area contributed by atoms with Crippen LogP contribution in [0.5, 0.6) is 5.75 Å². The molecule has 0 bridgehead atoms. The van der Waals surface area contributed by atoms with Gasteiger partial charge in [0.05, 0.1) is 13.5 Å². The van der Waals surface area contributed by atoms with Gasteiger partial charge in [0.2, 0.25) is 5.91 Å². The number of anilines is 1. The van der Waals surface area contributed by atoms with E-state index in [2.05, 4.69) is 20.8 Å². The van der Waals surface area contributed by atoms with Crippen molar-refractivity contribution in [2.24, 2.45) is 5.10 Å². The second kappa shape index (κ2) is 8.42. The Kier molecular flexibility index (Phi) is 6.01. The molecule has 1 heterocycles. The minimum Gasteiger partial charge on any atom is -0.497 e. The van der Waals surface area contributed by atoms with E-state index in [0.717, 1.165) is 0 Å². The molecule has 0 radical (unpaired) electrons. The van der Waals surface area contributed by atoms with E-state index in [1.165, 1.54) is 7.11 Å². The van der Waals surface area contributed by atoms with E-state index in [-0.39, 0.29) is 18.2 Å². The van der Waals surface area contributed by atoms with E-state index >= 15 is 0 Å². The molecule has 0 saturated carbocycles. The van der Waals surface area contributed by atoms with Crippen molar-refractivity contribution in [2.75, 3.05) is 12.4 Å². The molecule has 2 N–H and O–H groups in total. The highest BCUT2D eigenvalue weighted by molar-refractivity contribution is 6.05. The van der Waals surface area contributed by atoms with Gasteiger partial charge in [0.25, 0.3) is 5.91 Å². The number of carbonyl (C=O) groups is 2. The summed E-state index contributed by atoms with van der Waals surface area (Å²) in [5.74, 6) is 0.415. The predicted octanol–water partition coefficient (Wildman–Crippen LogP) is 2.22. The Morgan fingerprint density at radius 3 is 2.75 bits per heavy atom. The molecule has 0 spiro atoms. The molecule has 2 aromatic rings. The molecule has 124 valence electrons. The lowest BCUT2D eigenvalue weighted by atomic mass is 10.2. The number of hydrazone groups is 1. The summed E-state index contributed by atoms with van der Waals surface area (Å²) in [6, 6.07) is 11.9. The molecule has 7 heteroatoms. The van der Waals surface area contributed by atoms with Crippen LogP contribution in [0, 0.1) is 0 Å².